The van der Waals surface area contributed by atoms with Gasteiger partial charge >= 0.3 is 0 Å². The third-order valence-electron chi connectivity index (χ3n) is 4.81. The monoisotopic (exact) mass is 359 g/mol. The molecule has 0 saturated carbocycles. The first-order valence-electron chi connectivity index (χ1n) is 9.10. The molecule has 136 valence electrons. The number of aryl methyl sites for hydroxylation is 1. The van der Waals surface area contributed by atoms with Gasteiger partial charge in [0.1, 0.15) is 23.7 Å². The molecule has 1 unspecified atom stereocenters. The number of ether oxygens (including phenoxy) is 1. The highest BCUT2D eigenvalue weighted by Crippen LogP contribution is 2.25. The van der Waals surface area contributed by atoms with Crippen LogP contribution in [-0.4, -0.2) is 29.2 Å². The van der Waals surface area contributed by atoms with Crippen LogP contribution in [0.1, 0.15) is 23.2 Å². The number of nitrogens with zero attached hydrogens (tertiary/aromatic N) is 3. The Bertz CT molecular complexity index is 1010. The third-order valence-corrected chi connectivity index (χ3v) is 4.81. The molecule has 2 N–H and O–H groups in total. The fraction of sp³-hybridized carbons (Fsp3) is 0.286. The van der Waals surface area contributed by atoms with Crippen LogP contribution in [0.25, 0.3) is 10.9 Å². The zero-order valence-corrected chi connectivity index (χ0v) is 15.2. The first-order valence-corrected chi connectivity index (χ1v) is 9.10. The first-order chi connectivity index (χ1) is 13.2. The van der Waals surface area contributed by atoms with Gasteiger partial charge in [-0.1, -0.05) is 18.2 Å². The van der Waals surface area contributed by atoms with Crippen molar-refractivity contribution in [2.24, 2.45) is 0 Å². The van der Waals surface area contributed by atoms with E-state index in [9.17, 15) is 5.26 Å². The lowest BCUT2D eigenvalue weighted by Gasteiger charge is -2.14. The minimum atomic E-state index is 0.211. The van der Waals surface area contributed by atoms with Crippen molar-refractivity contribution in [3.63, 3.8) is 0 Å². The predicted octanol–water partition coefficient (Wildman–Crippen LogP) is 3.16. The smallest absolute Gasteiger partial charge is 0.145 e. The summed E-state index contributed by atoms with van der Waals surface area (Å²) in [6.45, 7) is 4.30. The molecule has 4 rings (SSSR count). The minimum Gasteiger partial charge on any atom is -0.489 e. The standard InChI is InChI=1S/C21H21N5O/c1-14-18-4-2-3-5-20(18)26-21(19(14)11-22)25-12-15-10-16(7-9-24-15)27-17-6-8-23-13-17/h2-5,7,9-10,17,23H,6,8,12-13H2,1H3,(H,25,26). The number of hydrogen-bond donors (Lipinski definition) is 2. The summed E-state index contributed by atoms with van der Waals surface area (Å²) in [7, 11) is 0. The Hall–Kier alpha value is -3.17. The summed E-state index contributed by atoms with van der Waals surface area (Å²) in [5.74, 6) is 1.40. The van der Waals surface area contributed by atoms with Crippen molar-refractivity contribution in [2.75, 3.05) is 18.4 Å². The largest absolute Gasteiger partial charge is 0.489 e. The molecule has 0 radical (unpaired) electrons. The molecular weight excluding hydrogens is 338 g/mol. The molecule has 0 aliphatic carbocycles. The maximum atomic E-state index is 9.59. The molecule has 1 aromatic carbocycles. The average molecular weight is 359 g/mol. The minimum absolute atomic E-state index is 0.211. The number of fused-ring (bicyclic) bond motifs is 1. The van der Waals surface area contributed by atoms with Crippen LogP contribution in [0.5, 0.6) is 5.75 Å². The molecule has 0 amide bonds. The second-order valence-electron chi connectivity index (χ2n) is 6.66. The van der Waals surface area contributed by atoms with Gasteiger partial charge in [-0.2, -0.15) is 5.26 Å². The lowest BCUT2D eigenvalue weighted by molar-refractivity contribution is 0.222. The van der Waals surface area contributed by atoms with E-state index in [2.05, 4.69) is 26.7 Å². The number of aromatic nitrogens is 2. The maximum Gasteiger partial charge on any atom is 0.145 e. The fourth-order valence-corrected chi connectivity index (χ4v) is 3.36. The van der Waals surface area contributed by atoms with Crippen LogP contribution in [0.15, 0.2) is 42.6 Å². The Labute approximate surface area is 158 Å². The summed E-state index contributed by atoms with van der Waals surface area (Å²) in [6, 6.07) is 13.9. The van der Waals surface area contributed by atoms with Crippen LogP contribution in [0.3, 0.4) is 0 Å². The molecule has 3 heterocycles. The van der Waals surface area contributed by atoms with Gasteiger partial charge in [0.05, 0.1) is 23.3 Å². The topological polar surface area (TPSA) is 82.9 Å². The summed E-state index contributed by atoms with van der Waals surface area (Å²) < 4.78 is 5.99. The molecule has 0 spiro atoms. The van der Waals surface area contributed by atoms with Gasteiger partial charge in [-0.15, -0.1) is 0 Å². The molecular formula is C21H21N5O. The first kappa shape index (κ1) is 17.3. The van der Waals surface area contributed by atoms with E-state index in [1.807, 2.05) is 43.3 Å². The number of hydrogen-bond acceptors (Lipinski definition) is 6. The number of pyridine rings is 2. The second-order valence-corrected chi connectivity index (χ2v) is 6.66. The van der Waals surface area contributed by atoms with Gasteiger partial charge in [-0.25, -0.2) is 4.98 Å². The van der Waals surface area contributed by atoms with Crippen molar-refractivity contribution in [2.45, 2.75) is 26.0 Å². The molecule has 2 aromatic heterocycles. The van der Waals surface area contributed by atoms with Crippen LogP contribution in [0.2, 0.25) is 0 Å². The third kappa shape index (κ3) is 3.69. The molecule has 6 heteroatoms. The number of rotatable bonds is 5. The Morgan fingerprint density at radius 1 is 1.33 bits per heavy atom. The highest BCUT2D eigenvalue weighted by atomic mass is 16.5. The van der Waals surface area contributed by atoms with Gasteiger partial charge in [-0.3, -0.25) is 4.98 Å². The van der Waals surface area contributed by atoms with Crippen LogP contribution >= 0.6 is 0 Å². The highest BCUT2D eigenvalue weighted by molar-refractivity contribution is 5.86. The predicted molar refractivity (Wildman–Crippen MR) is 105 cm³/mol. The Morgan fingerprint density at radius 2 is 2.22 bits per heavy atom. The van der Waals surface area contributed by atoms with Gasteiger partial charge in [-0.05, 0) is 37.6 Å². The maximum absolute atomic E-state index is 9.59. The highest BCUT2D eigenvalue weighted by Gasteiger charge is 2.16. The van der Waals surface area contributed by atoms with Crippen LogP contribution in [0, 0.1) is 18.3 Å². The van der Waals surface area contributed by atoms with Gasteiger partial charge in [0.25, 0.3) is 0 Å². The normalized spacial score (nSPS) is 16.2. The lowest BCUT2D eigenvalue weighted by Crippen LogP contribution is -2.19. The summed E-state index contributed by atoms with van der Waals surface area (Å²) in [4.78, 5) is 9.03. The molecule has 3 aromatic rings. The number of nitrogens with one attached hydrogen (secondary N) is 2. The second kappa shape index (κ2) is 7.60. The van der Waals surface area contributed by atoms with Crippen molar-refractivity contribution in [3.8, 4) is 11.8 Å². The Kier molecular flexibility index (Phi) is 4.86. The van der Waals surface area contributed by atoms with Crippen molar-refractivity contribution in [1.82, 2.24) is 15.3 Å². The zero-order chi connectivity index (χ0) is 18.6. The molecule has 1 atom stereocenters. The Morgan fingerprint density at radius 3 is 3.04 bits per heavy atom. The summed E-state index contributed by atoms with van der Waals surface area (Å²) in [5.41, 5.74) is 3.22. The van der Waals surface area contributed by atoms with Gasteiger partial charge < -0.3 is 15.4 Å². The summed E-state index contributed by atoms with van der Waals surface area (Å²) in [5, 5.41) is 17.2. The molecule has 0 bridgehead atoms. The van der Waals surface area contributed by atoms with Crippen molar-refractivity contribution in [3.05, 3.63) is 59.4 Å². The van der Waals surface area contributed by atoms with Crippen molar-refractivity contribution in [1.29, 1.82) is 5.26 Å². The molecule has 1 fully saturated rings. The zero-order valence-electron chi connectivity index (χ0n) is 15.2. The molecule has 1 aliphatic heterocycles. The van der Waals surface area contributed by atoms with E-state index in [0.717, 1.165) is 47.4 Å². The average Bonchev–Trinajstić information content (AvgIpc) is 3.20. The van der Waals surface area contributed by atoms with Crippen LogP contribution < -0.4 is 15.4 Å². The van der Waals surface area contributed by atoms with E-state index in [4.69, 9.17) is 4.74 Å². The summed E-state index contributed by atoms with van der Waals surface area (Å²) >= 11 is 0. The number of nitriles is 1. The van der Waals surface area contributed by atoms with Crippen molar-refractivity contribution >= 4 is 16.7 Å². The number of benzene rings is 1. The van der Waals surface area contributed by atoms with E-state index in [0.29, 0.717) is 17.9 Å². The lowest BCUT2D eigenvalue weighted by atomic mass is 10.0. The van der Waals surface area contributed by atoms with Gasteiger partial charge in [0, 0.05) is 24.2 Å². The van der Waals surface area contributed by atoms with E-state index < -0.39 is 0 Å². The fourth-order valence-electron chi connectivity index (χ4n) is 3.36. The van der Waals surface area contributed by atoms with E-state index in [1.165, 1.54) is 0 Å². The number of anilines is 1. The molecule has 27 heavy (non-hydrogen) atoms. The Balaban J connectivity index is 1.54. The molecule has 1 saturated heterocycles. The van der Waals surface area contributed by atoms with Gasteiger partial charge in [0.2, 0.25) is 0 Å². The van der Waals surface area contributed by atoms with Gasteiger partial charge in [0.15, 0.2) is 0 Å². The van der Waals surface area contributed by atoms with E-state index in [1.54, 1.807) is 6.20 Å². The molecule has 1 aliphatic rings. The molecule has 6 nitrogen and oxygen atoms in total. The van der Waals surface area contributed by atoms with Crippen LogP contribution in [-0.2, 0) is 6.54 Å². The SMILES string of the molecule is Cc1c(C#N)c(NCc2cc(OC3CCNC3)ccn2)nc2ccccc12. The van der Waals surface area contributed by atoms with E-state index in [-0.39, 0.29) is 6.10 Å². The summed E-state index contributed by atoms with van der Waals surface area (Å²) in [6.07, 6.45) is 2.98. The quantitative estimate of drug-likeness (QED) is 0.728. The van der Waals surface area contributed by atoms with Crippen LogP contribution in [0.4, 0.5) is 5.82 Å². The van der Waals surface area contributed by atoms with Crippen molar-refractivity contribution < 1.29 is 4.74 Å². The number of para-hydroxylation sites is 1. The van der Waals surface area contributed by atoms with E-state index >= 15 is 0 Å².